The first-order valence-corrected chi connectivity index (χ1v) is 6.19. The van der Waals surface area contributed by atoms with Crippen LogP contribution < -0.4 is 15.4 Å². The minimum absolute atomic E-state index is 0.275. The average Bonchev–Trinajstić information content (AvgIpc) is 2.38. The molecule has 0 amide bonds. The third-order valence-corrected chi connectivity index (χ3v) is 3.34. The first-order valence-electron chi connectivity index (χ1n) is 6.19. The van der Waals surface area contributed by atoms with E-state index in [0.717, 1.165) is 31.9 Å². The van der Waals surface area contributed by atoms with Crippen molar-refractivity contribution >= 4 is 5.69 Å². The molecular weight excluding hydrogens is 233 g/mol. The predicted molar refractivity (Wildman–Crippen MR) is 70.7 cm³/mol. The Labute approximate surface area is 107 Å². The van der Waals surface area contributed by atoms with Crippen molar-refractivity contribution in [2.24, 2.45) is 0 Å². The van der Waals surface area contributed by atoms with E-state index in [1.54, 1.807) is 6.07 Å². The second-order valence-electron chi connectivity index (χ2n) is 4.57. The third kappa shape index (κ3) is 3.11. The number of nitrogens with zero attached hydrogens (tertiary/aromatic N) is 1. The van der Waals surface area contributed by atoms with Gasteiger partial charge < -0.3 is 15.4 Å². The van der Waals surface area contributed by atoms with Crippen LogP contribution in [0.1, 0.15) is 0 Å². The Morgan fingerprint density at radius 1 is 1.56 bits per heavy atom. The van der Waals surface area contributed by atoms with Crippen molar-refractivity contribution in [2.75, 3.05) is 45.7 Å². The molecule has 1 atom stereocenters. The number of ether oxygens (including phenoxy) is 1. The van der Waals surface area contributed by atoms with Gasteiger partial charge in [-0.2, -0.15) is 0 Å². The fourth-order valence-electron chi connectivity index (χ4n) is 2.10. The van der Waals surface area contributed by atoms with Crippen LogP contribution in [0.4, 0.5) is 10.1 Å². The number of likely N-dealkylation sites (N-methyl/N-ethyl adjacent to an activating group) is 1. The van der Waals surface area contributed by atoms with E-state index in [1.807, 2.05) is 6.07 Å². The van der Waals surface area contributed by atoms with Crippen molar-refractivity contribution in [2.45, 2.75) is 6.04 Å². The fraction of sp³-hybridized carbons (Fsp3) is 0.538. The van der Waals surface area contributed by atoms with Crippen LogP contribution >= 0.6 is 0 Å². The number of methoxy groups -OCH3 is 1. The van der Waals surface area contributed by atoms with E-state index in [2.05, 4.69) is 22.6 Å². The van der Waals surface area contributed by atoms with Gasteiger partial charge in [0, 0.05) is 44.0 Å². The zero-order valence-electron chi connectivity index (χ0n) is 10.9. The molecule has 0 radical (unpaired) electrons. The van der Waals surface area contributed by atoms with Crippen molar-refractivity contribution in [3.63, 3.8) is 0 Å². The van der Waals surface area contributed by atoms with Gasteiger partial charge in [0.1, 0.15) is 0 Å². The number of nitrogens with one attached hydrogen (secondary N) is 2. The molecule has 1 unspecified atom stereocenters. The molecule has 0 saturated carbocycles. The summed E-state index contributed by atoms with van der Waals surface area (Å²) in [6.07, 6.45) is 0. The number of benzene rings is 1. The van der Waals surface area contributed by atoms with Crippen LogP contribution in [-0.4, -0.2) is 51.3 Å². The summed E-state index contributed by atoms with van der Waals surface area (Å²) in [6.45, 7) is 3.84. The number of rotatable bonds is 4. The summed E-state index contributed by atoms with van der Waals surface area (Å²) in [5.41, 5.74) is 0.785. The Morgan fingerprint density at radius 3 is 3.06 bits per heavy atom. The average molecular weight is 253 g/mol. The Bertz CT molecular complexity index is 400. The molecule has 1 aromatic rings. The van der Waals surface area contributed by atoms with Gasteiger partial charge in [0.25, 0.3) is 0 Å². The summed E-state index contributed by atoms with van der Waals surface area (Å²) >= 11 is 0. The first kappa shape index (κ1) is 13.1. The molecule has 100 valence electrons. The van der Waals surface area contributed by atoms with Crippen LogP contribution in [0, 0.1) is 5.82 Å². The monoisotopic (exact) mass is 253 g/mol. The lowest BCUT2D eigenvalue weighted by Gasteiger charge is -2.33. The number of piperazine rings is 1. The molecule has 18 heavy (non-hydrogen) atoms. The third-order valence-electron chi connectivity index (χ3n) is 3.34. The first-order chi connectivity index (χ1) is 8.70. The maximum atomic E-state index is 13.5. The molecule has 0 bridgehead atoms. The van der Waals surface area contributed by atoms with Gasteiger partial charge in [-0.05, 0) is 19.2 Å². The highest BCUT2D eigenvalue weighted by Gasteiger charge is 2.17. The summed E-state index contributed by atoms with van der Waals surface area (Å²) in [7, 11) is 3.58. The smallest absolute Gasteiger partial charge is 0.167 e. The van der Waals surface area contributed by atoms with E-state index >= 15 is 0 Å². The summed E-state index contributed by atoms with van der Waals surface area (Å²) in [4.78, 5) is 2.31. The van der Waals surface area contributed by atoms with Crippen molar-refractivity contribution in [1.29, 1.82) is 0 Å². The molecule has 1 fully saturated rings. The van der Waals surface area contributed by atoms with Crippen LogP contribution in [0.5, 0.6) is 5.75 Å². The Kier molecular flexibility index (Phi) is 4.38. The van der Waals surface area contributed by atoms with Crippen LogP contribution in [0.2, 0.25) is 0 Å². The normalized spacial score (nSPS) is 20.7. The summed E-state index contributed by atoms with van der Waals surface area (Å²) in [6, 6.07) is 5.37. The highest BCUT2D eigenvalue weighted by molar-refractivity contribution is 5.47. The van der Waals surface area contributed by atoms with Crippen molar-refractivity contribution < 1.29 is 9.13 Å². The lowest BCUT2D eigenvalue weighted by molar-refractivity contribution is 0.209. The van der Waals surface area contributed by atoms with Crippen LogP contribution in [0.25, 0.3) is 0 Å². The molecule has 5 heteroatoms. The standard InChI is InChI=1S/C13H20FN3O/c1-17-6-5-15-8-11(17)9-16-10-3-4-13(18-2)12(14)7-10/h3-4,7,11,15-16H,5-6,8-9H2,1-2H3. The highest BCUT2D eigenvalue weighted by Crippen LogP contribution is 2.20. The minimum Gasteiger partial charge on any atom is -0.494 e. The zero-order valence-corrected chi connectivity index (χ0v) is 10.9. The van der Waals surface area contributed by atoms with E-state index < -0.39 is 0 Å². The Balaban J connectivity index is 1.91. The number of halogens is 1. The molecule has 1 aliphatic heterocycles. The largest absolute Gasteiger partial charge is 0.494 e. The lowest BCUT2D eigenvalue weighted by atomic mass is 10.2. The van der Waals surface area contributed by atoms with Gasteiger partial charge in [-0.3, -0.25) is 4.90 Å². The second kappa shape index (κ2) is 6.02. The quantitative estimate of drug-likeness (QED) is 0.844. The summed E-state index contributed by atoms with van der Waals surface area (Å²) in [5.74, 6) is -0.0605. The van der Waals surface area contributed by atoms with Crippen LogP contribution in [0.15, 0.2) is 18.2 Å². The van der Waals surface area contributed by atoms with Gasteiger partial charge in [0.15, 0.2) is 11.6 Å². The molecule has 2 rings (SSSR count). The van der Waals surface area contributed by atoms with Gasteiger partial charge >= 0.3 is 0 Å². The summed E-state index contributed by atoms with van der Waals surface area (Å²) < 4.78 is 18.4. The summed E-state index contributed by atoms with van der Waals surface area (Å²) in [5, 5.41) is 6.62. The molecule has 2 N–H and O–H groups in total. The van der Waals surface area contributed by atoms with E-state index in [-0.39, 0.29) is 11.6 Å². The zero-order chi connectivity index (χ0) is 13.0. The van der Waals surface area contributed by atoms with Crippen molar-refractivity contribution in [1.82, 2.24) is 10.2 Å². The number of hydrogen-bond donors (Lipinski definition) is 2. The highest BCUT2D eigenvalue weighted by atomic mass is 19.1. The SMILES string of the molecule is COc1ccc(NCC2CNCCN2C)cc1F. The molecule has 0 spiro atoms. The fourth-order valence-corrected chi connectivity index (χ4v) is 2.10. The molecule has 1 heterocycles. The van der Waals surface area contributed by atoms with E-state index in [4.69, 9.17) is 4.74 Å². The van der Waals surface area contributed by atoms with Crippen LogP contribution in [0.3, 0.4) is 0 Å². The predicted octanol–water partition coefficient (Wildman–Crippen LogP) is 1.15. The van der Waals surface area contributed by atoms with E-state index in [9.17, 15) is 4.39 Å². The molecule has 0 aliphatic carbocycles. The van der Waals surface area contributed by atoms with E-state index in [0.29, 0.717) is 6.04 Å². The Hall–Kier alpha value is -1.33. The number of anilines is 1. The van der Waals surface area contributed by atoms with Gasteiger partial charge in [-0.25, -0.2) is 4.39 Å². The van der Waals surface area contributed by atoms with Crippen molar-refractivity contribution in [3.8, 4) is 5.75 Å². The molecule has 1 saturated heterocycles. The minimum atomic E-state index is -0.336. The van der Waals surface area contributed by atoms with Gasteiger partial charge in [0.2, 0.25) is 0 Å². The van der Waals surface area contributed by atoms with Crippen molar-refractivity contribution in [3.05, 3.63) is 24.0 Å². The molecule has 1 aromatic carbocycles. The second-order valence-corrected chi connectivity index (χ2v) is 4.57. The molecule has 0 aromatic heterocycles. The molecule has 1 aliphatic rings. The van der Waals surface area contributed by atoms with Gasteiger partial charge in [-0.15, -0.1) is 0 Å². The number of hydrogen-bond acceptors (Lipinski definition) is 4. The molecular formula is C13H20FN3O. The topological polar surface area (TPSA) is 36.5 Å². The lowest BCUT2D eigenvalue weighted by Crippen LogP contribution is -2.52. The Morgan fingerprint density at radius 2 is 2.39 bits per heavy atom. The maximum Gasteiger partial charge on any atom is 0.167 e. The van der Waals surface area contributed by atoms with E-state index in [1.165, 1.54) is 13.2 Å². The van der Waals surface area contributed by atoms with Gasteiger partial charge in [-0.1, -0.05) is 0 Å². The maximum absolute atomic E-state index is 13.5. The van der Waals surface area contributed by atoms with Gasteiger partial charge in [0.05, 0.1) is 7.11 Å². The molecule has 4 nitrogen and oxygen atoms in total. The van der Waals surface area contributed by atoms with Crippen LogP contribution in [-0.2, 0) is 0 Å².